The van der Waals surface area contributed by atoms with Gasteiger partial charge in [0.2, 0.25) is 0 Å². The summed E-state index contributed by atoms with van der Waals surface area (Å²) in [4.78, 5) is 12.0. The molecule has 0 atom stereocenters. The molecule has 0 radical (unpaired) electrons. The van der Waals surface area contributed by atoms with Crippen LogP contribution in [-0.4, -0.2) is 28.4 Å². The Morgan fingerprint density at radius 3 is 2.61 bits per heavy atom. The van der Waals surface area contributed by atoms with Gasteiger partial charge in [0.15, 0.2) is 0 Å². The van der Waals surface area contributed by atoms with Crippen LogP contribution in [0.2, 0.25) is 5.02 Å². The molecule has 160 valence electrons. The van der Waals surface area contributed by atoms with Crippen molar-refractivity contribution in [3.8, 4) is 11.3 Å². The molecule has 0 unspecified atom stereocenters. The Kier molecular flexibility index (Phi) is 5.49. The van der Waals surface area contributed by atoms with Gasteiger partial charge in [0.1, 0.15) is 23.6 Å². The van der Waals surface area contributed by atoms with Gasteiger partial charge in [-0.25, -0.2) is 0 Å². The average Bonchev–Trinajstić information content (AvgIpc) is 3.30. The molecule has 2 aromatic heterocycles. The van der Waals surface area contributed by atoms with Crippen LogP contribution in [-0.2, 0) is 6.54 Å². The summed E-state index contributed by atoms with van der Waals surface area (Å²) in [6.07, 6.45) is -4.49. The van der Waals surface area contributed by atoms with Crippen LogP contribution in [0, 0.1) is 6.92 Å². The molecule has 0 bridgehead atoms. The molecule has 0 saturated heterocycles. The van der Waals surface area contributed by atoms with Crippen molar-refractivity contribution in [1.82, 2.24) is 15.1 Å². The summed E-state index contributed by atoms with van der Waals surface area (Å²) in [5.74, 6) is -0.205. The number of carbonyl (C=O) groups is 1. The lowest BCUT2D eigenvalue weighted by Gasteiger charge is -2.07. The van der Waals surface area contributed by atoms with E-state index >= 15 is 0 Å². The van der Waals surface area contributed by atoms with E-state index in [0.717, 1.165) is 16.5 Å². The highest BCUT2D eigenvalue weighted by Crippen LogP contribution is 2.32. The first-order chi connectivity index (χ1) is 14.7. The van der Waals surface area contributed by atoms with Gasteiger partial charge in [-0.05, 0) is 31.2 Å². The molecule has 0 spiro atoms. The minimum atomic E-state index is -4.49. The zero-order valence-corrected chi connectivity index (χ0v) is 17.1. The van der Waals surface area contributed by atoms with E-state index < -0.39 is 18.6 Å². The Morgan fingerprint density at radius 1 is 1.16 bits per heavy atom. The monoisotopic (exact) mass is 447 g/mol. The number of furan rings is 1. The maximum absolute atomic E-state index is 12.4. The van der Waals surface area contributed by atoms with E-state index in [1.807, 2.05) is 41.7 Å². The second kappa shape index (κ2) is 8.11. The largest absolute Gasteiger partial charge is 0.456 e. The number of nitrogens with one attached hydrogen (secondary N) is 1. The van der Waals surface area contributed by atoms with Gasteiger partial charge in [0.05, 0.1) is 6.54 Å². The molecule has 4 rings (SSSR count). The zero-order chi connectivity index (χ0) is 22.2. The van der Waals surface area contributed by atoms with Crippen LogP contribution in [0.15, 0.2) is 59.0 Å². The second-order valence-electron chi connectivity index (χ2n) is 7.09. The number of carbonyl (C=O) groups excluding carboxylic acids is 1. The summed E-state index contributed by atoms with van der Waals surface area (Å²) in [5, 5.41) is 7.31. The summed E-state index contributed by atoms with van der Waals surface area (Å²) in [6, 6.07) is 16.5. The number of aromatic nitrogens is 2. The average molecular weight is 448 g/mol. The summed E-state index contributed by atoms with van der Waals surface area (Å²) in [7, 11) is 0. The van der Waals surface area contributed by atoms with Crippen LogP contribution in [0.5, 0.6) is 0 Å². The van der Waals surface area contributed by atoms with E-state index in [1.54, 1.807) is 19.1 Å². The van der Waals surface area contributed by atoms with Crippen LogP contribution >= 0.6 is 11.6 Å². The molecule has 0 fully saturated rings. The van der Waals surface area contributed by atoms with Gasteiger partial charge in [-0.1, -0.05) is 41.9 Å². The minimum Gasteiger partial charge on any atom is -0.456 e. The quantitative estimate of drug-likeness (QED) is 0.433. The fraction of sp³-hybridized carbons (Fsp3) is 0.182. The number of benzene rings is 2. The molecule has 0 aliphatic heterocycles. The number of nitrogens with zero attached hydrogens (tertiary/aromatic N) is 2. The molecule has 0 aliphatic carbocycles. The Labute approximate surface area is 180 Å². The standard InChI is InChI=1S/C22H17ClF3N3O2/c1-13-7-18(21(30)27-12-22(24,25)26)28-29(13)11-16-9-17(23)8-15-10-19(31-20(15)16)14-5-3-2-4-6-14/h2-10H,11-12H2,1H3,(H,27,30). The van der Waals surface area contributed by atoms with Gasteiger partial charge in [0.25, 0.3) is 5.91 Å². The van der Waals surface area contributed by atoms with Crippen molar-refractivity contribution in [3.63, 3.8) is 0 Å². The lowest BCUT2D eigenvalue weighted by atomic mass is 10.1. The second-order valence-corrected chi connectivity index (χ2v) is 7.52. The van der Waals surface area contributed by atoms with Crippen molar-refractivity contribution < 1.29 is 22.4 Å². The van der Waals surface area contributed by atoms with Gasteiger partial charge in [-0.15, -0.1) is 0 Å². The first kappa shape index (κ1) is 21.0. The Hall–Kier alpha value is -3.26. The van der Waals surface area contributed by atoms with Crippen LogP contribution in [0.1, 0.15) is 21.7 Å². The molecule has 31 heavy (non-hydrogen) atoms. The van der Waals surface area contributed by atoms with E-state index in [1.165, 1.54) is 10.7 Å². The molecule has 0 saturated carbocycles. The number of rotatable bonds is 5. The summed E-state index contributed by atoms with van der Waals surface area (Å²) in [6.45, 7) is 0.533. The first-order valence-electron chi connectivity index (χ1n) is 9.36. The third-order valence-corrected chi connectivity index (χ3v) is 4.92. The smallest absolute Gasteiger partial charge is 0.405 e. The van der Waals surface area contributed by atoms with Crippen molar-refractivity contribution in [2.45, 2.75) is 19.6 Å². The highest BCUT2D eigenvalue weighted by atomic mass is 35.5. The zero-order valence-electron chi connectivity index (χ0n) is 16.3. The van der Waals surface area contributed by atoms with Crippen molar-refractivity contribution >= 4 is 28.5 Å². The Bertz CT molecular complexity index is 1250. The third-order valence-electron chi connectivity index (χ3n) is 4.70. The highest BCUT2D eigenvalue weighted by molar-refractivity contribution is 6.31. The number of aryl methyl sites for hydroxylation is 1. The van der Waals surface area contributed by atoms with Crippen molar-refractivity contribution in [2.24, 2.45) is 0 Å². The summed E-state index contributed by atoms with van der Waals surface area (Å²) in [5.41, 5.74) is 2.79. The first-order valence-corrected chi connectivity index (χ1v) is 9.74. The molecule has 1 amide bonds. The fourth-order valence-corrected chi connectivity index (χ4v) is 3.51. The minimum absolute atomic E-state index is 0.0931. The van der Waals surface area contributed by atoms with Crippen molar-refractivity contribution in [3.05, 3.63) is 76.6 Å². The van der Waals surface area contributed by atoms with E-state index in [9.17, 15) is 18.0 Å². The summed E-state index contributed by atoms with van der Waals surface area (Å²) < 4.78 is 44.7. The Balaban J connectivity index is 1.64. The lowest BCUT2D eigenvalue weighted by molar-refractivity contribution is -0.123. The van der Waals surface area contributed by atoms with Gasteiger partial charge < -0.3 is 9.73 Å². The molecule has 1 N–H and O–H groups in total. The fourth-order valence-electron chi connectivity index (χ4n) is 3.26. The maximum atomic E-state index is 12.4. The number of fused-ring (bicyclic) bond motifs is 1. The Morgan fingerprint density at radius 2 is 1.90 bits per heavy atom. The van der Waals surface area contributed by atoms with Gasteiger partial charge >= 0.3 is 6.18 Å². The molecule has 5 nitrogen and oxygen atoms in total. The van der Waals surface area contributed by atoms with Crippen molar-refractivity contribution in [1.29, 1.82) is 0 Å². The predicted octanol–water partition coefficient (Wildman–Crippen LogP) is 5.60. The van der Waals surface area contributed by atoms with Crippen LogP contribution in [0.3, 0.4) is 0 Å². The van der Waals surface area contributed by atoms with Crippen LogP contribution in [0.4, 0.5) is 13.2 Å². The number of hydrogen-bond acceptors (Lipinski definition) is 3. The van der Waals surface area contributed by atoms with E-state index in [-0.39, 0.29) is 12.2 Å². The van der Waals surface area contributed by atoms with Crippen LogP contribution in [0.25, 0.3) is 22.3 Å². The van der Waals surface area contributed by atoms with E-state index in [4.69, 9.17) is 16.0 Å². The SMILES string of the molecule is Cc1cc(C(=O)NCC(F)(F)F)nn1Cc1cc(Cl)cc2cc(-c3ccccc3)oc12. The molecular weight excluding hydrogens is 431 g/mol. The predicted molar refractivity (Wildman–Crippen MR) is 111 cm³/mol. The van der Waals surface area contributed by atoms with Crippen LogP contribution < -0.4 is 5.32 Å². The summed E-state index contributed by atoms with van der Waals surface area (Å²) >= 11 is 6.28. The third kappa shape index (κ3) is 4.74. The normalized spacial score (nSPS) is 11.8. The lowest BCUT2D eigenvalue weighted by Crippen LogP contribution is -2.34. The topological polar surface area (TPSA) is 60.1 Å². The molecule has 2 aromatic carbocycles. The highest BCUT2D eigenvalue weighted by Gasteiger charge is 2.28. The van der Waals surface area contributed by atoms with Gasteiger partial charge in [-0.2, -0.15) is 18.3 Å². The molecule has 0 aliphatic rings. The maximum Gasteiger partial charge on any atom is 0.405 e. The molecular formula is C22H17ClF3N3O2. The number of amides is 1. The molecule has 4 aromatic rings. The van der Waals surface area contributed by atoms with E-state index in [0.29, 0.717) is 22.1 Å². The number of alkyl halides is 3. The van der Waals surface area contributed by atoms with Gasteiger partial charge in [-0.3, -0.25) is 9.48 Å². The van der Waals surface area contributed by atoms with Gasteiger partial charge in [0, 0.05) is 27.2 Å². The number of hydrogen-bond donors (Lipinski definition) is 1. The molecule has 9 heteroatoms. The molecule has 2 heterocycles. The van der Waals surface area contributed by atoms with Crippen molar-refractivity contribution in [2.75, 3.05) is 6.54 Å². The van der Waals surface area contributed by atoms with E-state index in [2.05, 4.69) is 5.10 Å². The number of halogens is 4.